The minimum absolute atomic E-state index is 0.00249. The highest BCUT2D eigenvalue weighted by Gasteiger charge is 2.52. The highest BCUT2D eigenvalue weighted by molar-refractivity contribution is 5.95. The fraction of sp³-hybridized carbons (Fsp3) is 0.492. The fourth-order valence-corrected chi connectivity index (χ4v) is 12.1. The topological polar surface area (TPSA) is 200 Å². The van der Waals surface area contributed by atoms with Crippen LogP contribution in [-0.2, 0) is 44.7 Å². The second-order valence-corrected chi connectivity index (χ2v) is 20.5. The van der Waals surface area contributed by atoms with Crippen molar-refractivity contribution in [2.45, 2.75) is 146 Å². The number of carboxylic acid groups (broad SMARTS) is 1. The number of nitrogens with two attached hydrogens (primary N) is 1. The zero-order valence-corrected chi connectivity index (χ0v) is 44.2. The molecule has 2 heterocycles. The number of aliphatic carboxylic acids is 1. The number of amides is 2. The predicted octanol–water partition coefficient (Wildman–Crippen LogP) is 8.34. The Morgan fingerprint density at radius 2 is 1.04 bits per heavy atom. The average molecular weight is 1060 g/mol. The van der Waals surface area contributed by atoms with Crippen LogP contribution < -0.4 is 15.5 Å². The van der Waals surface area contributed by atoms with Gasteiger partial charge in [0.15, 0.2) is 5.78 Å². The van der Waals surface area contributed by atoms with E-state index in [0.29, 0.717) is 25.4 Å². The Morgan fingerprint density at radius 1 is 0.623 bits per heavy atom. The van der Waals surface area contributed by atoms with Crippen molar-refractivity contribution in [3.63, 3.8) is 0 Å². The summed E-state index contributed by atoms with van der Waals surface area (Å²) in [5.41, 5.74) is 10.7. The number of hydrogen-bond acceptors (Lipinski definition) is 12. The van der Waals surface area contributed by atoms with E-state index in [-0.39, 0.29) is 136 Å². The van der Waals surface area contributed by atoms with E-state index in [2.05, 4.69) is 21.9 Å². The number of nitrogens with zero attached hydrogens (tertiary/aromatic N) is 4. The molecule has 77 heavy (non-hydrogen) atoms. The molecule has 4 N–H and O–H groups in total. The molecule has 6 atom stereocenters. The van der Waals surface area contributed by atoms with Crippen LogP contribution in [-0.4, -0.2) is 115 Å². The van der Waals surface area contributed by atoms with Gasteiger partial charge in [0.2, 0.25) is 11.8 Å². The monoisotopic (exact) mass is 1060 g/mol. The molecule has 4 aliphatic carbocycles. The van der Waals surface area contributed by atoms with Crippen molar-refractivity contribution in [3.05, 3.63) is 125 Å². The quantitative estimate of drug-likeness (QED) is 0.0489. The van der Waals surface area contributed by atoms with Gasteiger partial charge in [-0.1, -0.05) is 61.4 Å². The van der Waals surface area contributed by atoms with Gasteiger partial charge in [0.1, 0.15) is 18.2 Å². The summed E-state index contributed by atoms with van der Waals surface area (Å²) >= 11 is 0. The highest BCUT2D eigenvalue weighted by atomic mass is 19.1. The van der Waals surface area contributed by atoms with Gasteiger partial charge >= 0.3 is 17.9 Å². The van der Waals surface area contributed by atoms with E-state index in [9.17, 15) is 42.7 Å². The number of fused-ring (bicyclic) bond motifs is 4. The van der Waals surface area contributed by atoms with Crippen LogP contribution >= 0.6 is 0 Å². The second-order valence-electron chi connectivity index (χ2n) is 20.5. The summed E-state index contributed by atoms with van der Waals surface area (Å²) < 4.78 is 41.0. The average Bonchev–Trinajstić information content (AvgIpc) is 4.35. The van der Waals surface area contributed by atoms with Crippen molar-refractivity contribution in [1.29, 1.82) is 1.34 Å². The molecule has 411 valence electrons. The number of ether oxygens (including phenoxy) is 2. The van der Waals surface area contributed by atoms with Crippen LogP contribution in [0.25, 0.3) is 0 Å². The Morgan fingerprint density at radius 3 is 1.44 bits per heavy atom. The Labute approximate surface area is 452 Å². The largest absolute Gasteiger partial charge is 0.480 e. The van der Waals surface area contributed by atoms with Crippen LogP contribution in [0.4, 0.5) is 25.8 Å². The molecular weight excluding hydrogens is 987 g/mol. The molecular formula is C59H73BF2N5O10. The lowest BCUT2D eigenvalue weighted by Gasteiger charge is -2.48. The van der Waals surface area contributed by atoms with E-state index in [0.717, 1.165) is 92.3 Å². The third-order valence-corrected chi connectivity index (χ3v) is 15.4. The van der Waals surface area contributed by atoms with Crippen LogP contribution in [0.2, 0.25) is 0 Å². The van der Waals surface area contributed by atoms with Crippen LogP contribution in [0, 0.1) is 23.5 Å². The maximum Gasteiger partial charge on any atom is 0.323 e. The Balaban J connectivity index is 0.000000192. The molecule has 4 aromatic rings. The van der Waals surface area contributed by atoms with Crippen molar-refractivity contribution < 1.29 is 57.2 Å². The van der Waals surface area contributed by atoms with E-state index in [1.807, 2.05) is 46.2 Å². The van der Waals surface area contributed by atoms with Crippen molar-refractivity contribution in [2.75, 3.05) is 41.8 Å². The summed E-state index contributed by atoms with van der Waals surface area (Å²) in [6, 6.07) is 28.5. The molecule has 4 saturated carbocycles. The molecule has 18 heteroatoms. The molecule has 0 aromatic heterocycles. The molecule has 6 unspecified atom stereocenters. The number of benzene rings is 4. The highest BCUT2D eigenvalue weighted by Crippen LogP contribution is 2.54. The summed E-state index contributed by atoms with van der Waals surface area (Å²) in [4.78, 5) is 83.7. The number of halogens is 2. The van der Waals surface area contributed by atoms with E-state index >= 15 is 0 Å². The Hall–Kier alpha value is -6.82. The zero-order valence-electron chi connectivity index (χ0n) is 45.2. The molecule has 15 nitrogen and oxygen atoms in total. The van der Waals surface area contributed by atoms with E-state index < -0.39 is 5.97 Å². The van der Waals surface area contributed by atoms with Crippen molar-refractivity contribution >= 4 is 60.6 Å². The minimum atomic E-state index is -0.835. The van der Waals surface area contributed by atoms with Gasteiger partial charge in [-0.05, 0) is 130 Å². The number of nitrogen functional groups attached to an aromatic ring is 1. The van der Waals surface area contributed by atoms with Crippen LogP contribution in [0.15, 0.2) is 97.1 Å². The number of ketones is 1. The van der Waals surface area contributed by atoms with Gasteiger partial charge in [0, 0.05) is 73.7 Å². The van der Waals surface area contributed by atoms with Gasteiger partial charge in [-0.2, -0.15) is 0 Å². The van der Waals surface area contributed by atoms with E-state index in [1.54, 1.807) is 26.0 Å². The van der Waals surface area contributed by atoms with Gasteiger partial charge in [-0.3, -0.25) is 28.8 Å². The van der Waals surface area contributed by atoms with Crippen LogP contribution in [0.5, 0.6) is 0 Å². The fourth-order valence-electron chi connectivity index (χ4n) is 12.1. The maximum absolute atomic E-state index is 13.5. The Kier molecular flexibility index (Phi) is 20.1. The van der Waals surface area contributed by atoms with Gasteiger partial charge in [0.05, 0.1) is 44.7 Å². The lowest BCUT2D eigenvalue weighted by Crippen LogP contribution is -2.52. The number of para-hydroxylation sites is 2. The lowest BCUT2D eigenvalue weighted by molar-refractivity contribution is -0.147. The number of carbonyl (C=O) groups excluding carboxylic acids is 5. The van der Waals surface area contributed by atoms with Gasteiger partial charge in [-0.25, -0.2) is 8.78 Å². The third kappa shape index (κ3) is 14.8. The van der Waals surface area contributed by atoms with Crippen LogP contribution in [0.3, 0.4) is 0 Å². The molecule has 0 saturated heterocycles. The van der Waals surface area contributed by atoms with Gasteiger partial charge < -0.3 is 44.9 Å². The van der Waals surface area contributed by atoms with E-state index in [4.69, 9.17) is 21.6 Å². The van der Waals surface area contributed by atoms with Gasteiger partial charge in [-0.15, -0.1) is 0 Å². The molecule has 2 amide bonds. The first kappa shape index (κ1) is 56.4. The van der Waals surface area contributed by atoms with Crippen LogP contribution in [0.1, 0.15) is 133 Å². The SMILES string of the molecule is CCOC(=O)CCC(=O)N(C1CC1)C1c2ccccc2N(CC(=O)Cc2ccc(F)cc2)C2CCCC21.CCOC(=O)CCC(=O)N(C1CC1)C1c2ccccc2N(CC(=O)O)C2CCCC21.Nc1ccc(F)cc1.[3H][B]O. The first-order valence-corrected chi connectivity index (χ1v) is 27.2. The molecule has 0 bridgehead atoms. The number of Topliss-reactive ketones (excluding diaryl/α,β-unsaturated/α-hetero) is 1. The molecule has 0 spiro atoms. The van der Waals surface area contributed by atoms with Crippen molar-refractivity contribution in [2.24, 2.45) is 11.8 Å². The number of rotatable bonds is 18. The smallest absolute Gasteiger partial charge is 0.323 e. The van der Waals surface area contributed by atoms with Crippen molar-refractivity contribution in [1.82, 2.24) is 9.80 Å². The third-order valence-electron chi connectivity index (χ3n) is 15.4. The summed E-state index contributed by atoms with van der Waals surface area (Å²) in [6.45, 7) is 4.44. The second kappa shape index (κ2) is 27.5. The molecule has 6 aliphatic rings. The van der Waals surface area contributed by atoms with E-state index in [1.165, 1.54) is 36.4 Å². The zero-order chi connectivity index (χ0) is 55.9. The number of anilines is 3. The number of hydrogen-bond donors (Lipinski definition) is 3. The van der Waals surface area contributed by atoms with Gasteiger partial charge in [0.25, 0.3) is 8.01 Å². The first-order valence-electron chi connectivity index (χ1n) is 27.7. The van der Waals surface area contributed by atoms with Crippen molar-refractivity contribution in [3.8, 4) is 0 Å². The number of carboxylic acids is 1. The summed E-state index contributed by atoms with van der Waals surface area (Å²) in [5.74, 6) is -1.50. The maximum atomic E-state index is 13.5. The molecule has 4 fully saturated rings. The molecule has 2 aliphatic heterocycles. The number of esters is 2. The molecule has 1 radical (unpaired) electrons. The standard InChI is InChI=1S/C30H35FN2O4.C23H30N2O5.C6H6FN.BH2O/c1-2-37-29(36)17-16-28(35)33(22-14-15-22)30-24-6-3-4-8-26(24)32(27-9-5-7-25(27)30)19-23(34)18-20-10-12-21(31)13-11-20;1-2-30-22(29)13-12-20(26)25(15-10-11-15)23-16-6-3-4-8-18(16)24(14-21(27)28)19-9-5-7-17(19)23;7-5-1-3-6(8)4-2-5;1-2/h3-4,6,8,10-13,22,25,27,30H,2,5,7,9,14-19H2,1H3;3-4,6,8,15,17,19,23H,2,5,7,9-14H2,1H3,(H,27,28);1-4H,8H2;1-2H/i;;;1T. The summed E-state index contributed by atoms with van der Waals surface area (Å²) in [5, 5.41) is 16.6. The first-order chi connectivity index (χ1) is 37.7. The normalized spacial score (nSPS) is 21.4. The lowest BCUT2D eigenvalue weighted by atomic mass is 9.81. The molecule has 10 rings (SSSR count). The Bertz CT molecular complexity index is 2660. The summed E-state index contributed by atoms with van der Waals surface area (Å²) in [6.07, 6.45) is 10.7. The minimum Gasteiger partial charge on any atom is -0.480 e. The summed E-state index contributed by atoms with van der Waals surface area (Å²) in [7, 11) is 0.250. The number of carbonyl (C=O) groups is 6. The molecule has 4 aromatic carbocycles. The predicted molar refractivity (Wildman–Crippen MR) is 290 cm³/mol.